The molecule has 53 valence electrons. The van der Waals surface area contributed by atoms with Crippen LogP contribution < -0.4 is 0 Å². The summed E-state index contributed by atoms with van der Waals surface area (Å²) in [6.45, 7) is 0.129. The quantitative estimate of drug-likeness (QED) is 0.494. The summed E-state index contributed by atoms with van der Waals surface area (Å²) in [6, 6.07) is 0. The van der Waals surface area contributed by atoms with Crippen molar-refractivity contribution in [1.82, 2.24) is 0 Å². The van der Waals surface area contributed by atoms with Gasteiger partial charge in [-0.25, -0.2) is 0 Å². The van der Waals surface area contributed by atoms with Gasteiger partial charge in [-0.05, 0) is 12.8 Å². The van der Waals surface area contributed by atoms with Gasteiger partial charge in [0, 0.05) is 0 Å². The molecule has 1 heterocycles. The third-order valence-electron chi connectivity index (χ3n) is 1.16. The van der Waals surface area contributed by atoms with Crippen LogP contribution in [0.2, 0.25) is 0 Å². The highest BCUT2D eigenvalue weighted by molar-refractivity contribution is 4.82. The van der Waals surface area contributed by atoms with Crippen LogP contribution in [0.5, 0.6) is 0 Å². The zero-order valence-corrected chi connectivity index (χ0v) is 4.61. The maximum atomic E-state index is 11.6. The van der Waals surface area contributed by atoms with Gasteiger partial charge in [-0.2, -0.15) is 13.2 Å². The summed E-state index contributed by atoms with van der Waals surface area (Å²) in [7, 11) is 0. The lowest BCUT2D eigenvalue weighted by atomic mass is 10.2. The molecular formula is C5H6F3O. The molecule has 0 amide bonds. The van der Waals surface area contributed by atoms with Crippen LogP contribution in [0.15, 0.2) is 0 Å². The van der Waals surface area contributed by atoms with Crippen LogP contribution in [-0.2, 0) is 4.74 Å². The summed E-state index contributed by atoms with van der Waals surface area (Å²) in [6.07, 6.45) is -4.23. The van der Waals surface area contributed by atoms with Gasteiger partial charge >= 0.3 is 6.18 Å². The minimum atomic E-state index is -4.17. The Kier molecular flexibility index (Phi) is 1.66. The summed E-state index contributed by atoms with van der Waals surface area (Å²) in [5.41, 5.74) is 0. The van der Waals surface area contributed by atoms with Crippen molar-refractivity contribution < 1.29 is 17.9 Å². The van der Waals surface area contributed by atoms with E-state index in [1.807, 2.05) is 0 Å². The molecule has 1 unspecified atom stereocenters. The lowest BCUT2D eigenvalue weighted by Gasteiger charge is -2.12. The van der Waals surface area contributed by atoms with Gasteiger partial charge in [-0.1, -0.05) is 0 Å². The van der Waals surface area contributed by atoms with Crippen LogP contribution in [0.4, 0.5) is 13.2 Å². The molecule has 1 nitrogen and oxygen atoms in total. The van der Waals surface area contributed by atoms with Crippen molar-refractivity contribution in [1.29, 1.82) is 0 Å². The Balaban J connectivity index is 2.42. The third kappa shape index (κ3) is 1.58. The Bertz CT molecular complexity index is 92.9. The Hall–Kier alpha value is -0.250. The van der Waals surface area contributed by atoms with Crippen molar-refractivity contribution in [3.63, 3.8) is 0 Å². The maximum Gasteiger partial charge on any atom is 0.414 e. The van der Waals surface area contributed by atoms with E-state index in [2.05, 4.69) is 4.74 Å². The van der Waals surface area contributed by atoms with Gasteiger partial charge in [-0.15, -0.1) is 0 Å². The fourth-order valence-electron chi connectivity index (χ4n) is 0.700. The monoisotopic (exact) mass is 139 g/mol. The number of ether oxygens (including phenoxy) is 1. The number of hydrogen-bond donors (Lipinski definition) is 0. The van der Waals surface area contributed by atoms with Gasteiger partial charge in [-0.3, -0.25) is 0 Å². The smallest absolute Gasteiger partial charge is 0.368 e. The molecule has 0 aromatic rings. The number of rotatable bonds is 0. The first kappa shape index (κ1) is 6.86. The van der Waals surface area contributed by atoms with E-state index in [0.29, 0.717) is 0 Å². The Morgan fingerprint density at radius 3 is 2.33 bits per heavy atom. The molecule has 0 bridgehead atoms. The van der Waals surface area contributed by atoms with Gasteiger partial charge in [0.25, 0.3) is 0 Å². The Morgan fingerprint density at radius 2 is 2.11 bits per heavy atom. The molecule has 9 heavy (non-hydrogen) atoms. The minimum absolute atomic E-state index is 0.00347. The number of hydrogen-bond acceptors (Lipinski definition) is 1. The second kappa shape index (κ2) is 2.17. The second-order valence-electron chi connectivity index (χ2n) is 1.89. The summed E-state index contributed by atoms with van der Waals surface area (Å²) in [4.78, 5) is 0. The summed E-state index contributed by atoms with van der Waals surface area (Å²) in [5.74, 6) is 0. The molecule has 1 radical (unpaired) electrons. The van der Waals surface area contributed by atoms with Crippen LogP contribution in [0.3, 0.4) is 0 Å². The number of halogens is 3. The molecule has 0 aromatic heterocycles. The van der Waals surface area contributed by atoms with E-state index in [4.69, 9.17) is 0 Å². The lowest BCUT2D eigenvalue weighted by molar-refractivity contribution is -0.206. The van der Waals surface area contributed by atoms with E-state index >= 15 is 0 Å². The van der Waals surface area contributed by atoms with E-state index < -0.39 is 12.3 Å². The van der Waals surface area contributed by atoms with Crippen LogP contribution in [0.1, 0.15) is 6.42 Å². The molecule has 1 aliphatic heterocycles. The van der Waals surface area contributed by atoms with E-state index in [-0.39, 0.29) is 13.0 Å². The molecule has 0 aromatic carbocycles. The van der Waals surface area contributed by atoms with Crippen LogP contribution in [0.25, 0.3) is 0 Å². The molecule has 0 spiro atoms. The van der Waals surface area contributed by atoms with Crippen molar-refractivity contribution in [2.75, 3.05) is 6.61 Å². The predicted molar refractivity (Wildman–Crippen MR) is 24.7 cm³/mol. The van der Waals surface area contributed by atoms with Crippen molar-refractivity contribution >= 4 is 0 Å². The van der Waals surface area contributed by atoms with E-state index in [1.54, 1.807) is 0 Å². The topological polar surface area (TPSA) is 9.23 Å². The van der Waals surface area contributed by atoms with Gasteiger partial charge in [0.05, 0.1) is 6.61 Å². The molecule has 1 fully saturated rings. The van der Waals surface area contributed by atoms with Crippen molar-refractivity contribution in [2.24, 2.45) is 0 Å². The zero-order chi connectivity index (χ0) is 6.91. The Morgan fingerprint density at radius 1 is 1.44 bits per heavy atom. The van der Waals surface area contributed by atoms with Gasteiger partial charge in [0.15, 0.2) is 6.10 Å². The van der Waals surface area contributed by atoms with Crippen LogP contribution in [0, 0.1) is 6.42 Å². The third-order valence-corrected chi connectivity index (χ3v) is 1.16. The fourth-order valence-corrected chi connectivity index (χ4v) is 0.700. The standard InChI is InChI=1S/C5H6F3O/c6-5(7,8)4-2-1-3-9-4/h1,4H,2-3H2. The molecule has 1 rings (SSSR count). The molecule has 0 N–H and O–H groups in total. The highest BCUT2D eigenvalue weighted by Crippen LogP contribution is 2.29. The summed E-state index contributed by atoms with van der Waals surface area (Å²) >= 11 is 0. The molecule has 1 aliphatic rings. The molecular weight excluding hydrogens is 133 g/mol. The largest absolute Gasteiger partial charge is 0.414 e. The molecule has 4 heteroatoms. The first-order valence-corrected chi connectivity index (χ1v) is 2.60. The fraction of sp³-hybridized carbons (Fsp3) is 0.800. The van der Waals surface area contributed by atoms with Gasteiger partial charge in [0.2, 0.25) is 0 Å². The second-order valence-corrected chi connectivity index (χ2v) is 1.89. The average Bonchev–Trinajstić information content (AvgIpc) is 2.08. The first-order chi connectivity index (χ1) is 4.11. The van der Waals surface area contributed by atoms with Crippen molar-refractivity contribution in [2.45, 2.75) is 18.7 Å². The zero-order valence-electron chi connectivity index (χ0n) is 4.61. The normalized spacial score (nSPS) is 29.0. The highest BCUT2D eigenvalue weighted by atomic mass is 19.4. The van der Waals surface area contributed by atoms with Gasteiger partial charge in [0.1, 0.15) is 0 Å². The summed E-state index contributed by atoms with van der Waals surface area (Å²) in [5, 5.41) is 0. The molecule has 0 aliphatic carbocycles. The SMILES string of the molecule is FC(F)(F)C1C[CH]CO1. The molecule has 1 atom stereocenters. The average molecular weight is 139 g/mol. The van der Waals surface area contributed by atoms with Crippen molar-refractivity contribution in [3.8, 4) is 0 Å². The van der Waals surface area contributed by atoms with Crippen LogP contribution in [-0.4, -0.2) is 18.9 Å². The molecule has 0 saturated carbocycles. The highest BCUT2D eigenvalue weighted by Gasteiger charge is 2.42. The van der Waals surface area contributed by atoms with E-state index in [0.717, 1.165) is 0 Å². The predicted octanol–water partition coefficient (Wildman–Crippen LogP) is 1.54. The van der Waals surface area contributed by atoms with Gasteiger partial charge < -0.3 is 4.74 Å². The summed E-state index contributed by atoms with van der Waals surface area (Å²) < 4.78 is 39.2. The molecule has 1 saturated heterocycles. The van der Waals surface area contributed by atoms with Crippen molar-refractivity contribution in [3.05, 3.63) is 6.42 Å². The maximum absolute atomic E-state index is 11.6. The first-order valence-electron chi connectivity index (χ1n) is 2.60. The van der Waals surface area contributed by atoms with E-state index in [1.165, 1.54) is 6.42 Å². The lowest BCUT2D eigenvalue weighted by Crippen LogP contribution is -2.27. The Labute approximate surface area is 50.8 Å². The van der Waals surface area contributed by atoms with Crippen LogP contribution >= 0.6 is 0 Å². The van der Waals surface area contributed by atoms with E-state index in [9.17, 15) is 13.2 Å². The number of alkyl halides is 3. The minimum Gasteiger partial charge on any atom is -0.368 e.